The van der Waals surface area contributed by atoms with Gasteiger partial charge in [0.2, 0.25) is 0 Å². The Morgan fingerprint density at radius 2 is 2.19 bits per heavy atom. The molecule has 0 aliphatic heterocycles. The van der Waals surface area contributed by atoms with Gasteiger partial charge in [-0.2, -0.15) is 0 Å². The third-order valence-electron chi connectivity index (χ3n) is 2.19. The molecule has 1 atom stereocenters. The molecule has 0 fully saturated rings. The minimum absolute atomic E-state index is 0.269. The fourth-order valence-corrected chi connectivity index (χ4v) is 1.27. The number of ketones is 1. The average Bonchev–Trinajstić information content (AvgIpc) is 2.28. The molecular formula is C11H13F2NO2. The quantitative estimate of drug-likeness (QED) is 0.779. The molecule has 16 heavy (non-hydrogen) atoms. The first kappa shape index (κ1) is 12.7. The van der Waals surface area contributed by atoms with Crippen LogP contribution in [0.15, 0.2) is 18.2 Å². The van der Waals surface area contributed by atoms with Gasteiger partial charge >= 0.3 is 0 Å². The minimum atomic E-state index is -1.15. The first-order chi connectivity index (χ1) is 7.57. The number of hydrogen-bond acceptors (Lipinski definition) is 3. The molecule has 0 aliphatic carbocycles. The van der Waals surface area contributed by atoms with Crippen molar-refractivity contribution in [2.45, 2.75) is 12.5 Å². The lowest BCUT2D eigenvalue weighted by atomic mass is 10.0. The molecule has 0 bridgehead atoms. The summed E-state index contributed by atoms with van der Waals surface area (Å²) in [7, 11) is 1.47. The van der Waals surface area contributed by atoms with E-state index in [4.69, 9.17) is 10.5 Å². The van der Waals surface area contributed by atoms with E-state index < -0.39 is 23.5 Å². The van der Waals surface area contributed by atoms with Gasteiger partial charge in [0, 0.05) is 13.7 Å². The van der Waals surface area contributed by atoms with Gasteiger partial charge in [-0.3, -0.25) is 4.79 Å². The number of benzene rings is 1. The van der Waals surface area contributed by atoms with Gasteiger partial charge in [0.05, 0.1) is 11.6 Å². The molecule has 2 N–H and O–H groups in total. The molecule has 0 aliphatic rings. The molecule has 0 saturated carbocycles. The molecule has 1 aromatic carbocycles. The van der Waals surface area contributed by atoms with Crippen molar-refractivity contribution in [1.29, 1.82) is 0 Å². The van der Waals surface area contributed by atoms with Crippen molar-refractivity contribution in [2.75, 3.05) is 13.7 Å². The summed E-state index contributed by atoms with van der Waals surface area (Å²) in [4.78, 5) is 11.6. The Hall–Kier alpha value is -1.33. The van der Waals surface area contributed by atoms with Crippen LogP contribution in [0.3, 0.4) is 0 Å². The monoisotopic (exact) mass is 229 g/mol. The van der Waals surface area contributed by atoms with Gasteiger partial charge in [-0.25, -0.2) is 8.78 Å². The molecule has 88 valence electrons. The molecule has 0 heterocycles. The second kappa shape index (κ2) is 5.67. The zero-order valence-corrected chi connectivity index (χ0v) is 8.87. The van der Waals surface area contributed by atoms with E-state index in [-0.39, 0.29) is 12.0 Å². The van der Waals surface area contributed by atoms with Crippen molar-refractivity contribution in [3.8, 4) is 0 Å². The van der Waals surface area contributed by atoms with E-state index in [1.54, 1.807) is 0 Å². The Bertz CT molecular complexity index is 382. The molecule has 0 aromatic heterocycles. The van der Waals surface area contributed by atoms with Crippen molar-refractivity contribution in [2.24, 2.45) is 5.73 Å². The lowest BCUT2D eigenvalue weighted by molar-refractivity contribution is 0.0930. The van der Waals surface area contributed by atoms with Gasteiger partial charge in [0.25, 0.3) is 0 Å². The highest BCUT2D eigenvalue weighted by Crippen LogP contribution is 2.13. The number of carbonyl (C=O) groups excluding carboxylic acids is 1. The van der Waals surface area contributed by atoms with E-state index in [0.29, 0.717) is 6.61 Å². The van der Waals surface area contributed by atoms with Crippen LogP contribution >= 0.6 is 0 Å². The summed E-state index contributed by atoms with van der Waals surface area (Å²) in [6.07, 6.45) is 0.269. The molecule has 1 unspecified atom stereocenters. The Morgan fingerprint density at radius 1 is 1.50 bits per heavy atom. The predicted molar refractivity (Wildman–Crippen MR) is 55.2 cm³/mol. The van der Waals surface area contributed by atoms with Gasteiger partial charge < -0.3 is 10.5 Å². The van der Waals surface area contributed by atoms with Gasteiger partial charge in [-0.05, 0) is 18.6 Å². The number of Topliss-reactive ketones (excluding diaryl/α,β-unsaturated/α-hetero) is 1. The lowest BCUT2D eigenvalue weighted by Crippen LogP contribution is -2.32. The molecule has 0 spiro atoms. The minimum Gasteiger partial charge on any atom is -0.385 e. The Morgan fingerprint density at radius 3 is 2.81 bits per heavy atom. The third-order valence-corrected chi connectivity index (χ3v) is 2.19. The Labute approximate surface area is 92.2 Å². The fraction of sp³-hybridized carbons (Fsp3) is 0.364. The van der Waals surface area contributed by atoms with Gasteiger partial charge in [0.15, 0.2) is 17.4 Å². The van der Waals surface area contributed by atoms with E-state index >= 15 is 0 Å². The highest BCUT2D eigenvalue weighted by molar-refractivity contribution is 6.00. The molecule has 3 nitrogen and oxygen atoms in total. The zero-order chi connectivity index (χ0) is 12.1. The van der Waals surface area contributed by atoms with Crippen LogP contribution < -0.4 is 5.73 Å². The predicted octanol–water partition coefficient (Wildman–Crippen LogP) is 1.51. The first-order valence-corrected chi connectivity index (χ1v) is 4.80. The zero-order valence-electron chi connectivity index (χ0n) is 8.87. The summed E-state index contributed by atoms with van der Waals surface area (Å²) in [5.41, 5.74) is 5.22. The maximum absolute atomic E-state index is 13.3. The molecule has 0 saturated heterocycles. The maximum Gasteiger partial charge on any atom is 0.182 e. The lowest BCUT2D eigenvalue weighted by Gasteiger charge is -2.10. The molecule has 1 rings (SSSR count). The van der Waals surface area contributed by atoms with Crippen LogP contribution in [-0.2, 0) is 4.74 Å². The van der Waals surface area contributed by atoms with Crippen LogP contribution in [-0.4, -0.2) is 25.5 Å². The highest BCUT2D eigenvalue weighted by atomic mass is 19.2. The molecule has 0 amide bonds. The molecular weight excluding hydrogens is 216 g/mol. The SMILES string of the molecule is COCCC(N)C(=O)c1cccc(F)c1F. The summed E-state index contributed by atoms with van der Waals surface area (Å²) >= 11 is 0. The van der Waals surface area contributed by atoms with Crippen LogP contribution in [0.25, 0.3) is 0 Å². The highest BCUT2D eigenvalue weighted by Gasteiger charge is 2.20. The van der Waals surface area contributed by atoms with Crippen molar-refractivity contribution in [1.82, 2.24) is 0 Å². The third kappa shape index (κ3) is 2.84. The second-order valence-electron chi connectivity index (χ2n) is 3.35. The number of nitrogens with two attached hydrogens (primary N) is 1. The first-order valence-electron chi connectivity index (χ1n) is 4.80. The van der Waals surface area contributed by atoms with E-state index in [1.165, 1.54) is 19.2 Å². The Kier molecular flexibility index (Phi) is 4.52. The van der Waals surface area contributed by atoms with Crippen LogP contribution in [0.4, 0.5) is 8.78 Å². The van der Waals surface area contributed by atoms with E-state index in [1.807, 2.05) is 0 Å². The molecule has 5 heteroatoms. The summed E-state index contributed by atoms with van der Waals surface area (Å²) in [6, 6.07) is 2.56. The summed E-state index contributed by atoms with van der Waals surface area (Å²) in [6.45, 7) is 0.295. The largest absolute Gasteiger partial charge is 0.385 e. The smallest absolute Gasteiger partial charge is 0.182 e. The van der Waals surface area contributed by atoms with Gasteiger partial charge in [-0.1, -0.05) is 6.07 Å². The van der Waals surface area contributed by atoms with Crippen molar-refractivity contribution in [3.63, 3.8) is 0 Å². The van der Waals surface area contributed by atoms with Gasteiger partial charge in [-0.15, -0.1) is 0 Å². The van der Waals surface area contributed by atoms with Crippen molar-refractivity contribution in [3.05, 3.63) is 35.4 Å². The number of hydrogen-bond donors (Lipinski definition) is 1. The van der Waals surface area contributed by atoms with Crippen LogP contribution in [0, 0.1) is 11.6 Å². The maximum atomic E-state index is 13.3. The number of rotatable bonds is 5. The number of carbonyl (C=O) groups is 1. The van der Waals surface area contributed by atoms with E-state index in [9.17, 15) is 13.6 Å². The number of halogens is 2. The summed E-state index contributed by atoms with van der Waals surface area (Å²) in [5, 5.41) is 0. The fourth-order valence-electron chi connectivity index (χ4n) is 1.27. The van der Waals surface area contributed by atoms with E-state index in [0.717, 1.165) is 6.07 Å². The normalized spacial score (nSPS) is 12.5. The number of methoxy groups -OCH3 is 1. The van der Waals surface area contributed by atoms with Crippen molar-refractivity contribution >= 4 is 5.78 Å². The number of ether oxygens (including phenoxy) is 1. The average molecular weight is 229 g/mol. The second-order valence-corrected chi connectivity index (χ2v) is 3.35. The molecule has 0 radical (unpaired) electrons. The Balaban J connectivity index is 2.84. The standard InChI is InChI=1S/C11H13F2NO2/c1-16-6-5-9(14)11(15)7-3-2-4-8(12)10(7)13/h2-4,9H,5-6,14H2,1H3. The topological polar surface area (TPSA) is 52.3 Å². The van der Waals surface area contributed by atoms with Gasteiger partial charge in [0.1, 0.15) is 0 Å². The van der Waals surface area contributed by atoms with Crippen LogP contribution in [0.5, 0.6) is 0 Å². The molecule has 1 aromatic rings. The summed E-state index contributed by atoms with van der Waals surface area (Å²) < 4.78 is 30.9. The van der Waals surface area contributed by atoms with Crippen molar-refractivity contribution < 1.29 is 18.3 Å². The van der Waals surface area contributed by atoms with Crippen LogP contribution in [0.2, 0.25) is 0 Å². The van der Waals surface area contributed by atoms with E-state index in [2.05, 4.69) is 0 Å². The summed E-state index contributed by atoms with van der Waals surface area (Å²) in [5.74, 6) is -2.82. The van der Waals surface area contributed by atoms with Crippen LogP contribution in [0.1, 0.15) is 16.8 Å².